The molecule has 208 valence electrons. The molecule has 5 rings (SSSR count). The Balaban J connectivity index is 1.33. The van der Waals surface area contributed by atoms with Gasteiger partial charge in [-0.2, -0.15) is 11.8 Å². The predicted molar refractivity (Wildman–Crippen MR) is 148 cm³/mol. The van der Waals surface area contributed by atoms with Crippen molar-refractivity contribution in [2.45, 2.75) is 68.5 Å². The number of halogens is 1. The number of pyridine rings is 1. The van der Waals surface area contributed by atoms with Crippen LogP contribution in [0, 0.1) is 12.7 Å². The fourth-order valence-corrected chi connectivity index (χ4v) is 7.78. The normalized spacial score (nSPS) is 20.7. The second kappa shape index (κ2) is 11.2. The van der Waals surface area contributed by atoms with Crippen molar-refractivity contribution < 1.29 is 17.6 Å². The standard InChI is InChI=1S/C27H31FN4O5S2/c1-17-2-8-22(9-3-17)39(36,37)16-24(33)30-19-4-6-20(7-5-19)32-26(34)23-14-18(28)15-29-25(23)31(27(32)35)21-10-12-38-13-11-21/h2-3,8-9,14-15,19-21H,4-7,10-13,16H2,1H3,(H,30,33)/t19-,20+. The molecule has 9 nitrogen and oxygen atoms in total. The fraction of sp³-hybridized carbons (Fsp3) is 0.481. The van der Waals surface area contributed by atoms with Crippen molar-refractivity contribution in [2.75, 3.05) is 17.3 Å². The minimum Gasteiger partial charge on any atom is -0.352 e. The van der Waals surface area contributed by atoms with E-state index in [0.29, 0.717) is 25.7 Å². The van der Waals surface area contributed by atoms with Crippen molar-refractivity contribution in [3.05, 3.63) is 68.7 Å². The van der Waals surface area contributed by atoms with Crippen LogP contribution in [0.15, 0.2) is 51.0 Å². The number of hydrogen-bond acceptors (Lipinski definition) is 7. The number of aromatic nitrogens is 3. The first-order valence-electron chi connectivity index (χ1n) is 13.1. The maximum absolute atomic E-state index is 14.1. The molecule has 0 atom stereocenters. The van der Waals surface area contributed by atoms with Crippen LogP contribution in [0.1, 0.15) is 56.2 Å². The molecule has 2 aliphatic rings. The Hall–Kier alpha value is -2.99. The molecule has 2 aromatic heterocycles. The highest BCUT2D eigenvalue weighted by Crippen LogP contribution is 2.30. The minimum atomic E-state index is -3.77. The van der Waals surface area contributed by atoms with Gasteiger partial charge in [0.2, 0.25) is 5.91 Å². The zero-order valence-electron chi connectivity index (χ0n) is 21.6. The van der Waals surface area contributed by atoms with Gasteiger partial charge >= 0.3 is 5.69 Å². The summed E-state index contributed by atoms with van der Waals surface area (Å²) in [5, 5.41) is 2.89. The van der Waals surface area contributed by atoms with E-state index in [9.17, 15) is 27.2 Å². The maximum Gasteiger partial charge on any atom is 0.333 e. The summed E-state index contributed by atoms with van der Waals surface area (Å²) in [5.41, 5.74) is 0.155. The average molecular weight is 575 g/mol. The molecular formula is C27H31FN4O5S2. The highest BCUT2D eigenvalue weighted by molar-refractivity contribution is 7.99. The second-order valence-electron chi connectivity index (χ2n) is 10.3. The number of nitrogens with zero attached hydrogens (tertiary/aromatic N) is 3. The molecule has 39 heavy (non-hydrogen) atoms. The summed E-state index contributed by atoms with van der Waals surface area (Å²) in [6.07, 6.45) is 4.41. The van der Waals surface area contributed by atoms with Gasteiger partial charge in [0.25, 0.3) is 5.56 Å². The van der Waals surface area contributed by atoms with Crippen LogP contribution >= 0.6 is 11.8 Å². The van der Waals surface area contributed by atoms with Gasteiger partial charge in [-0.15, -0.1) is 0 Å². The van der Waals surface area contributed by atoms with E-state index in [4.69, 9.17) is 0 Å². The highest BCUT2D eigenvalue weighted by atomic mass is 32.2. The lowest BCUT2D eigenvalue weighted by Gasteiger charge is -2.31. The van der Waals surface area contributed by atoms with Crippen molar-refractivity contribution in [1.82, 2.24) is 19.4 Å². The van der Waals surface area contributed by atoms with E-state index in [-0.39, 0.29) is 28.0 Å². The third-order valence-electron chi connectivity index (χ3n) is 7.61. The molecule has 1 N–H and O–H groups in total. The molecule has 1 saturated heterocycles. The lowest BCUT2D eigenvalue weighted by molar-refractivity contribution is -0.119. The van der Waals surface area contributed by atoms with Crippen molar-refractivity contribution in [3.63, 3.8) is 0 Å². The number of benzene rings is 1. The van der Waals surface area contributed by atoms with Crippen LogP contribution in [0.25, 0.3) is 11.0 Å². The Morgan fingerprint density at radius 3 is 2.33 bits per heavy atom. The minimum absolute atomic E-state index is 0.0876. The molecule has 12 heteroatoms. The number of carbonyl (C=O) groups excluding carboxylic acids is 1. The molecule has 0 spiro atoms. The van der Waals surface area contributed by atoms with Crippen LogP contribution in [0.5, 0.6) is 0 Å². The molecule has 3 heterocycles. The van der Waals surface area contributed by atoms with Crippen molar-refractivity contribution in [1.29, 1.82) is 0 Å². The summed E-state index contributed by atoms with van der Waals surface area (Å²) in [6, 6.07) is 6.71. The molecule has 1 aliphatic heterocycles. The van der Waals surface area contributed by atoms with Gasteiger partial charge in [-0.3, -0.25) is 18.7 Å². The van der Waals surface area contributed by atoms with Gasteiger partial charge in [0.05, 0.1) is 16.5 Å². The molecule has 1 amide bonds. The largest absolute Gasteiger partial charge is 0.352 e. The zero-order valence-corrected chi connectivity index (χ0v) is 23.3. The summed E-state index contributed by atoms with van der Waals surface area (Å²) >= 11 is 1.81. The average Bonchev–Trinajstić information content (AvgIpc) is 2.91. The first-order valence-corrected chi connectivity index (χ1v) is 15.9. The zero-order chi connectivity index (χ0) is 27.7. The number of aryl methyl sites for hydroxylation is 1. The topological polar surface area (TPSA) is 120 Å². The number of sulfone groups is 1. The third kappa shape index (κ3) is 5.81. The second-order valence-corrected chi connectivity index (χ2v) is 13.6. The van der Waals surface area contributed by atoms with E-state index in [1.165, 1.54) is 16.7 Å². The number of fused-ring (bicyclic) bond motifs is 1. The first kappa shape index (κ1) is 27.6. The Labute approximate surface area is 229 Å². The fourth-order valence-electron chi connectivity index (χ4n) is 5.55. The summed E-state index contributed by atoms with van der Waals surface area (Å²) in [7, 11) is -3.77. The van der Waals surface area contributed by atoms with Gasteiger partial charge in [0.15, 0.2) is 9.84 Å². The highest BCUT2D eigenvalue weighted by Gasteiger charge is 2.30. The molecule has 0 radical (unpaired) electrons. The Bertz CT molecular complexity index is 1600. The van der Waals surface area contributed by atoms with Gasteiger partial charge < -0.3 is 5.32 Å². The molecule has 1 saturated carbocycles. The smallest absolute Gasteiger partial charge is 0.333 e. The SMILES string of the molecule is Cc1ccc(S(=O)(=O)CC(=O)N[C@H]2CC[C@@H](n3c(=O)c4cc(F)cnc4n(C4CCSCC4)c3=O)CC2)cc1. The van der Waals surface area contributed by atoms with E-state index in [1.807, 2.05) is 18.7 Å². The van der Waals surface area contributed by atoms with Crippen molar-refractivity contribution in [3.8, 4) is 0 Å². The summed E-state index contributed by atoms with van der Waals surface area (Å²) in [4.78, 5) is 43.9. The first-order chi connectivity index (χ1) is 18.6. The van der Waals surface area contributed by atoms with Crippen molar-refractivity contribution >= 4 is 38.5 Å². The molecule has 3 aromatic rings. The quantitative estimate of drug-likeness (QED) is 0.480. The van der Waals surface area contributed by atoms with E-state index in [2.05, 4.69) is 10.3 Å². The lowest BCUT2D eigenvalue weighted by atomic mass is 9.91. The van der Waals surface area contributed by atoms with Gasteiger partial charge in [-0.25, -0.2) is 22.6 Å². The number of thioether (sulfide) groups is 1. The lowest BCUT2D eigenvalue weighted by Crippen LogP contribution is -2.47. The molecule has 0 unspecified atom stereocenters. The van der Waals surface area contributed by atoms with E-state index in [0.717, 1.165) is 42.2 Å². The maximum atomic E-state index is 14.1. The van der Waals surface area contributed by atoms with Crippen LogP contribution in [0.2, 0.25) is 0 Å². The van der Waals surface area contributed by atoms with Crippen LogP contribution in [-0.4, -0.2) is 51.7 Å². The Kier molecular flexibility index (Phi) is 7.95. The third-order valence-corrected chi connectivity index (χ3v) is 10.3. The molecule has 1 aliphatic carbocycles. The van der Waals surface area contributed by atoms with E-state index < -0.39 is 44.6 Å². The van der Waals surface area contributed by atoms with Crippen LogP contribution in [0.4, 0.5) is 4.39 Å². The Morgan fingerprint density at radius 1 is 1.03 bits per heavy atom. The van der Waals surface area contributed by atoms with Crippen LogP contribution < -0.4 is 16.6 Å². The molecule has 1 aromatic carbocycles. The van der Waals surface area contributed by atoms with Crippen LogP contribution in [0.3, 0.4) is 0 Å². The summed E-state index contributed by atoms with van der Waals surface area (Å²) < 4.78 is 42.2. The van der Waals surface area contributed by atoms with Gasteiger partial charge in [-0.05, 0) is 75.2 Å². The molecule has 2 fully saturated rings. The van der Waals surface area contributed by atoms with Gasteiger partial charge in [-0.1, -0.05) is 17.7 Å². The van der Waals surface area contributed by atoms with E-state index in [1.54, 1.807) is 16.7 Å². The summed E-state index contributed by atoms with van der Waals surface area (Å²) in [6.45, 7) is 1.85. The predicted octanol–water partition coefficient (Wildman–Crippen LogP) is 3.15. The van der Waals surface area contributed by atoms with E-state index >= 15 is 0 Å². The molecule has 0 bridgehead atoms. The Morgan fingerprint density at radius 2 is 1.67 bits per heavy atom. The van der Waals surface area contributed by atoms with Crippen molar-refractivity contribution in [2.24, 2.45) is 0 Å². The number of nitrogens with one attached hydrogen (secondary N) is 1. The molecular weight excluding hydrogens is 543 g/mol. The summed E-state index contributed by atoms with van der Waals surface area (Å²) in [5.74, 6) is -0.0842. The van der Waals surface area contributed by atoms with Gasteiger partial charge in [0.1, 0.15) is 17.2 Å². The number of rotatable bonds is 6. The number of carbonyl (C=O) groups is 1. The number of hydrogen-bond donors (Lipinski definition) is 1. The monoisotopic (exact) mass is 574 g/mol. The number of amides is 1. The van der Waals surface area contributed by atoms with Gasteiger partial charge in [0, 0.05) is 18.1 Å². The van der Waals surface area contributed by atoms with Crippen LogP contribution in [-0.2, 0) is 14.6 Å².